The molecule has 0 aromatic rings. The Hall–Kier alpha value is -0.700. The second-order valence-corrected chi connectivity index (χ2v) is 4.68. The number of rotatable bonds is 2. The average Bonchev–Trinajstić information content (AvgIpc) is 2.13. The Morgan fingerprint density at radius 3 is 2.79 bits per heavy atom. The fraction of sp³-hybridized carbons (Fsp3) is 0.545. The van der Waals surface area contributed by atoms with Crippen LogP contribution in [0, 0.1) is 0 Å². The molecule has 3 heteroatoms. The highest BCUT2D eigenvalue weighted by Crippen LogP contribution is 2.32. The number of nitrogens with zero attached hydrogens (tertiary/aromatic N) is 1. The molecule has 0 saturated carbocycles. The molecular weight excluding hydrogens is 192 g/mol. The third-order valence-corrected chi connectivity index (χ3v) is 3.27. The Bertz CT molecular complexity index is 292. The number of thioether (sulfide) groups is 1. The Kier molecular flexibility index (Phi) is 3.81. The minimum atomic E-state index is -0.114. The molecule has 0 bridgehead atoms. The summed E-state index contributed by atoms with van der Waals surface area (Å²) in [6, 6.07) is 0. The Morgan fingerprint density at radius 2 is 2.29 bits per heavy atom. The molecule has 1 rings (SSSR count). The smallest absolute Gasteiger partial charge is 0.154 e. The maximum Gasteiger partial charge on any atom is 0.154 e. The summed E-state index contributed by atoms with van der Waals surface area (Å²) in [5.41, 5.74) is 6.90. The summed E-state index contributed by atoms with van der Waals surface area (Å²) in [6.07, 6.45) is 7.34. The van der Waals surface area contributed by atoms with E-state index in [4.69, 9.17) is 5.73 Å². The maximum absolute atomic E-state index is 5.76. The van der Waals surface area contributed by atoms with Gasteiger partial charge in [0.25, 0.3) is 0 Å². The topological polar surface area (TPSA) is 38.4 Å². The van der Waals surface area contributed by atoms with Crippen LogP contribution < -0.4 is 5.73 Å². The van der Waals surface area contributed by atoms with Gasteiger partial charge in [-0.25, -0.2) is 0 Å². The van der Waals surface area contributed by atoms with Crippen molar-refractivity contribution in [2.24, 2.45) is 10.7 Å². The number of allylic oxidation sites excluding steroid dienone is 2. The van der Waals surface area contributed by atoms with E-state index in [1.807, 2.05) is 19.9 Å². The van der Waals surface area contributed by atoms with Crippen LogP contribution in [0.5, 0.6) is 0 Å². The number of hydrogen-bond acceptors (Lipinski definition) is 3. The van der Waals surface area contributed by atoms with E-state index in [-0.39, 0.29) is 5.54 Å². The summed E-state index contributed by atoms with van der Waals surface area (Å²) in [4.78, 5) is 4.54. The highest BCUT2D eigenvalue weighted by atomic mass is 32.2. The molecule has 1 heterocycles. The standard InChI is InChI=1S/C11H18N2S/c1-4-6-9(5-2)11(3)7-8-14-10(12)13-11/h4-6H,7-8H2,1-3H3,(H2,12,13)/b6-4-,9-5+. The van der Waals surface area contributed by atoms with E-state index in [1.54, 1.807) is 11.8 Å². The maximum atomic E-state index is 5.76. The summed E-state index contributed by atoms with van der Waals surface area (Å²) >= 11 is 1.64. The van der Waals surface area contributed by atoms with Gasteiger partial charge < -0.3 is 5.73 Å². The zero-order valence-electron chi connectivity index (χ0n) is 9.08. The van der Waals surface area contributed by atoms with Crippen molar-refractivity contribution < 1.29 is 0 Å². The molecule has 2 N–H and O–H groups in total. The van der Waals surface area contributed by atoms with Crippen molar-refractivity contribution in [3.8, 4) is 0 Å². The minimum absolute atomic E-state index is 0.114. The third kappa shape index (κ3) is 2.41. The SMILES string of the molecule is C/C=C\C(=C/C)C1(C)CCSC(N)=N1. The number of nitrogens with two attached hydrogens (primary N) is 1. The third-order valence-electron chi connectivity index (χ3n) is 2.47. The van der Waals surface area contributed by atoms with Crippen LogP contribution >= 0.6 is 11.8 Å². The predicted octanol–water partition coefficient (Wildman–Crippen LogP) is 2.72. The molecule has 1 aliphatic heterocycles. The normalized spacial score (nSPS) is 29.4. The van der Waals surface area contributed by atoms with E-state index < -0.39 is 0 Å². The van der Waals surface area contributed by atoms with Crippen LogP contribution in [0.25, 0.3) is 0 Å². The first kappa shape index (κ1) is 11.4. The summed E-state index contributed by atoms with van der Waals surface area (Å²) < 4.78 is 0. The molecule has 0 aliphatic carbocycles. The van der Waals surface area contributed by atoms with Gasteiger partial charge in [0.1, 0.15) is 0 Å². The fourth-order valence-electron chi connectivity index (χ4n) is 1.66. The molecule has 1 atom stereocenters. The summed E-state index contributed by atoms with van der Waals surface area (Å²) in [6.45, 7) is 6.22. The molecule has 0 amide bonds. The first-order chi connectivity index (χ1) is 6.62. The summed E-state index contributed by atoms with van der Waals surface area (Å²) in [5, 5.41) is 0.711. The molecule has 0 aromatic carbocycles. The summed E-state index contributed by atoms with van der Waals surface area (Å²) in [7, 11) is 0. The van der Waals surface area contributed by atoms with Crippen molar-refractivity contribution in [2.75, 3.05) is 5.75 Å². The van der Waals surface area contributed by atoms with E-state index in [2.05, 4.69) is 24.1 Å². The Balaban J connectivity index is 2.98. The quantitative estimate of drug-likeness (QED) is 0.712. The molecule has 0 fully saturated rings. The van der Waals surface area contributed by atoms with E-state index in [0.29, 0.717) is 5.17 Å². The molecule has 0 saturated heterocycles. The first-order valence-corrected chi connectivity index (χ1v) is 5.88. The lowest BCUT2D eigenvalue weighted by Crippen LogP contribution is -2.32. The number of amidine groups is 1. The van der Waals surface area contributed by atoms with Crippen LogP contribution in [-0.2, 0) is 0 Å². The fourth-order valence-corrected chi connectivity index (χ4v) is 2.64. The monoisotopic (exact) mass is 210 g/mol. The summed E-state index contributed by atoms with van der Waals surface area (Å²) in [5.74, 6) is 1.06. The minimum Gasteiger partial charge on any atom is -0.379 e. The molecular formula is C11H18N2S. The van der Waals surface area contributed by atoms with Gasteiger partial charge in [0.05, 0.1) is 5.54 Å². The van der Waals surface area contributed by atoms with Crippen molar-refractivity contribution in [3.05, 3.63) is 23.8 Å². The van der Waals surface area contributed by atoms with Crippen molar-refractivity contribution in [2.45, 2.75) is 32.7 Å². The molecule has 0 aromatic heterocycles. The lowest BCUT2D eigenvalue weighted by Gasteiger charge is -2.30. The van der Waals surface area contributed by atoms with Gasteiger partial charge in [-0.05, 0) is 32.8 Å². The van der Waals surface area contributed by atoms with E-state index in [0.717, 1.165) is 12.2 Å². The average molecular weight is 210 g/mol. The van der Waals surface area contributed by atoms with Gasteiger partial charge in [0, 0.05) is 5.75 Å². The predicted molar refractivity (Wildman–Crippen MR) is 65.7 cm³/mol. The highest BCUT2D eigenvalue weighted by Gasteiger charge is 2.29. The van der Waals surface area contributed by atoms with Crippen molar-refractivity contribution >= 4 is 16.9 Å². The Labute approximate surface area is 90.4 Å². The largest absolute Gasteiger partial charge is 0.379 e. The van der Waals surface area contributed by atoms with Gasteiger partial charge in [-0.1, -0.05) is 30.0 Å². The second kappa shape index (κ2) is 4.69. The van der Waals surface area contributed by atoms with Crippen LogP contribution in [0.4, 0.5) is 0 Å². The molecule has 1 aliphatic rings. The van der Waals surface area contributed by atoms with Gasteiger partial charge in [-0.2, -0.15) is 0 Å². The van der Waals surface area contributed by atoms with Crippen LogP contribution in [0.1, 0.15) is 27.2 Å². The number of hydrogen-bond donors (Lipinski definition) is 1. The highest BCUT2D eigenvalue weighted by molar-refractivity contribution is 8.13. The molecule has 78 valence electrons. The van der Waals surface area contributed by atoms with Gasteiger partial charge in [-0.15, -0.1) is 0 Å². The van der Waals surface area contributed by atoms with E-state index in [9.17, 15) is 0 Å². The number of aliphatic imine (C=N–C) groups is 1. The first-order valence-electron chi connectivity index (χ1n) is 4.90. The van der Waals surface area contributed by atoms with E-state index in [1.165, 1.54) is 5.57 Å². The molecule has 0 radical (unpaired) electrons. The van der Waals surface area contributed by atoms with Crippen LogP contribution in [-0.4, -0.2) is 16.5 Å². The van der Waals surface area contributed by atoms with Gasteiger partial charge in [0.15, 0.2) is 5.17 Å². The molecule has 0 spiro atoms. The van der Waals surface area contributed by atoms with Crippen molar-refractivity contribution in [1.82, 2.24) is 0 Å². The van der Waals surface area contributed by atoms with Gasteiger partial charge >= 0.3 is 0 Å². The Morgan fingerprint density at radius 1 is 1.57 bits per heavy atom. The lowest BCUT2D eigenvalue weighted by molar-refractivity contribution is 0.546. The van der Waals surface area contributed by atoms with Crippen molar-refractivity contribution in [3.63, 3.8) is 0 Å². The molecule has 1 unspecified atom stereocenters. The van der Waals surface area contributed by atoms with Crippen LogP contribution in [0.15, 0.2) is 28.8 Å². The lowest BCUT2D eigenvalue weighted by atomic mass is 9.89. The van der Waals surface area contributed by atoms with Gasteiger partial charge in [-0.3, -0.25) is 4.99 Å². The zero-order chi connectivity index (χ0) is 10.6. The molecule has 14 heavy (non-hydrogen) atoms. The zero-order valence-corrected chi connectivity index (χ0v) is 9.90. The van der Waals surface area contributed by atoms with Crippen molar-refractivity contribution in [1.29, 1.82) is 0 Å². The van der Waals surface area contributed by atoms with Gasteiger partial charge in [0.2, 0.25) is 0 Å². The second-order valence-electron chi connectivity index (χ2n) is 3.57. The molecule has 2 nitrogen and oxygen atoms in total. The van der Waals surface area contributed by atoms with Crippen LogP contribution in [0.2, 0.25) is 0 Å². The van der Waals surface area contributed by atoms with E-state index >= 15 is 0 Å². The van der Waals surface area contributed by atoms with Crippen LogP contribution in [0.3, 0.4) is 0 Å².